The molecule has 0 fully saturated rings. The number of benzene rings is 1. The van der Waals surface area contributed by atoms with Gasteiger partial charge in [0.1, 0.15) is 5.01 Å². The Balaban J connectivity index is 2.02. The lowest BCUT2D eigenvalue weighted by atomic mass is 10.1. The third kappa shape index (κ3) is 6.01. The van der Waals surface area contributed by atoms with Crippen LogP contribution in [0.1, 0.15) is 48.5 Å². The lowest BCUT2D eigenvalue weighted by molar-refractivity contribution is -0.137. The van der Waals surface area contributed by atoms with Crippen LogP contribution < -0.4 is 10.6 Å². The number of thiazole rings is 1. The van der Waals surface area contributed by atoms with Crippen molar-refractivity contribution in [2.75, 3.05) is 6.54 Å². The highest BCUT2D eigenvalue weighted by atomic mass is 32.1. The van der Waals surface area contributed by atoms with Crippen LogP contribution in [0, 0.1) is 0 Å². The van der Waals surface area contributed by atoms with Gasteiger partial charge in [0.05, 0.1) is 24.3 Å². The minimum Gasteiger partial charge on any atom is -0.357 e. The number of halogens is 3. The second kappa shape index (κ2) is 9.02. The summed E-state index contributed by atoms with van der Waals surface area (Å²) in [6, 6.07) is 5.23. The van der Waals surface area contributed by atoms with E-state index >= 15 is 0 Å². The number of hydrogen-bond donors (Lipinski definition) is 2. The summed E-state index contributed by atoms with van der Waals surface area (Å²) in [4.78, 5) is 8.91. The SMILES string of the molecule is CCNC(=NCc1cccc(C(F)(F)F)c1)NCc1nc(C(C)C)cs1. The monoisotopic (exact) mass is 384 g/mol. The van der Waals surface area contributed by atoms with Crippen molar-refractivity contribution < 1.29 is 13.2 Å². The number of guanidine groups is 1. The lowest BCUT2D eigenvalue weighted by Gasteiger charge is -2.11. The molecule has 2 rings (SSSR count). The van der Waals surface area contributed by atoms with E-state index in [1.807, 2.05) is 12.3 Å². The van der Waals surface area contributed by atoms with Crippen LogP contribution in [0.3, 0.4) is 0 Å². The van der Waals surface area contributed by atoms with Crippen LogP contribution in [-0.4, -0.2) is 17.5 Å². The van der Waals surface area contributed by atoms with E-state index in [1.165, 1.54) is 6.07 Å². The van der Waals surface area contributed by atoms with Crippen molar-refractivity contribution in [2.24, 2.45) is 4.99 Å². The minimum absolute atomic E-state index is 0.161. The van der Waals surface area contributed by atoms with Crippen molar-refractivity contribution in [3.63, 3.8) is 0 Å². The lowest BCUT2D eigenvalue weighted by Crippen LogP contribution is -2.36. The molecule has 0 spiro atoms. The normalized spacial score (nSPS) is 12.5. The van der Waals surface area contributed by atoms with Crippen LogP contribution in [0.15, 0.2) is 34.6 Å². The Kier molecular flexibility index (Phi) is 7.02. The fraction of sp³-hybridized carbons (Fsp3) is 0.444. The minimum atomic E-state index is -4.35. The Morgan fingerprint density at radius 3 is 2.65 bits per heavy atom. The largest absolute Gasteiger partial charge is 0.416 e. The highest BCUT2D eigenvalue weighted by molar-refractivity contribution is 7.09. The van der Waals surface area contributed by atoms with Gasteiger partial charge in [-0.25, -0.2) is 9.98 Å². The maximum atomic E-state index is 12.8. The van der Waals surface area contributed by atoms with Crippen LogP contribution in [-0.2, 0) is 19.3 Å². The summed E-state index contributed by atoms with van der Waals surface area (Å²) in [5.74, 6) is 0.925. The maximum absolute atomic E-state index is 12.8. The zero-order valence-electron chi connectivity index (χ0n) is 15.0. The first-order valence-corrected chi connectivity index (χ1v) is 9.30. The number of rotatable bonds is 6. The molecular formula is C18H23F3N4S. The fourth-order valence-corrected chi connectivity index (χ4v) is 3.08. The van der Waals surface area contributed by atoms with Gasteiger partial charge in [-0.1, -0.05) is 26.0 Å². The standard InChI is InChI=1S/C18H23F3N4S/c1-4-22-17(24-10-16-25-15(11-26-16)12(2)3)23-9-13-6-5-7-14(8-13)18(19,20)21/h5-8,11-12H,4,9-10H2,1-3H3,(H2,22,23,24). The molecule has 0 atom stereocenters. The van der Waals surface area contributed by atoms with E-state index in [9.17, 15) is 13.2 Å². The summed E-state index contributed by atoms with van der Waals surface area (Å²) in [5, 5.41) is 9.24. The van der Waals surface area contributed by atoms with E-state index < -0.39 is 11.7 Å². The van der Waals surface area contributed by atoms with E-state index in [1.54, 1.807) is 17.4 Å². The molecule has 0 radical (unpaired) electrons. The number of aliphatic imine (C=N–C) groups is 1. The zero-order chi connectivity index (χ0) is 19.2. The van der Waals surface area contributed by atoms with Gasteiger partial charge in [-0.05, 0) is 30.5 Å². The molecule has 2 N–H and O–H groups in total. The molecule has 142 valence electrons. The van der Waals surface area contributed by atoms with Crippen molar-refractivity contribution in [2.45, 2.75) is 46.0 Å². The quantitative estimate of drug-likeness (QED) is 0.568. The first-order valence-electron chi connectivity index (χ1n) is 8.42. The number of aromatic nitrogens is 1. The fourth-order valence-electron chi connectivity index (χ4n) is 2.19. The van der Waals surface area contributed by atoms with Crippen LogP contribution in [0.4, 0.5) is 13.2 Å². The molecule has 2 aromatic rings. The molecule has 8 heteroatoms. The average molecular weight is 384 g/mol. The smallest absolute Gasteiger partial charge is 0.357 e. The van der Waals surface area contributed by atoms with Gasteiger partial charge in [-0.3, -0.25) is 0 Å². The molecule has 0 saturated carbocycles. The topological polar surface area (TPSA) is 49.3 Å². The molecule has 0 unspecified atom stereocenters. The number of alkyl halides is 3. The molecule has 0 aliphatic heterocycles. The van der Waals surface area contributed by atoms with Crippen molar-refractivity contribution in [1.82, 2.24) is 15.6 Å². The molecular weight excluding hydrogens is 361 g/mol. The molecule has 1 aromatic carbocycles. The summed E-state index contributed by atoms with van der Waals surface area (Å²) in [6.45, 7) is 7.45. The van der Waals surface area contributed by atoms with Crippen molar-refractivity contribution in [3.8, 4) is 0 Å². The summed E-state index contributed by atoms with van der Waals surface area (Å²) < 4.78 is 38.4. The van der Waals surface area contributed by atoms with Crippen molar-refractivity contribution in [1.29, 1.82) is 0 Å². The maximum Gasteiger partial charge on any atom is 0.416 e. The highest BCUT2D eigenvalue weighted by Crippen LogP contribution is 2.29. The van der Waals surface area contributed by atoms with E-state index in [0.717, 1.165) is 22.8 Å². The first kappa shape index (κ1) is 20.2. The molecule has 0 saturated heterocycles. The predicted octanol–water partition coefficient (Wildman–Crippen LogP) is 4.54. The van der Waals surface area contributed by atoms with Crippen LogP contribution in [0.25, 0.3) is 0 Å². The van der Waals surface area contributed by atoms with E-state index in [2.05, 4.69) is 34.5 Å². The molecule has 4 nitrogen and oxygen atoms in total. The molecule has 1 aromatic heterocycles. The summed E-state index contributed by atoms with van der Waals surface area (Å²) in [5.41, 5.74) is 0.901. The Morgan fingerprint density at radius 2 is 2.04 bits per heavy atom. The first-order chi connectivity index (χ1) is 12.3. The Morgan fingerprint density at radius 1 is 1.27 bits per heavy atom. The predicted molar refractivity (Wildman–Crippen MR) is 99.3 cm³/mol. The van der Waals surface area contributed by atoms with Gasteiger partial charge in [0, 0.05) is 11.9 Å². The number of hydrogen-bond acceptors (Lipinski definition) is 3. The van der Waals surface area contributed by atoms with Crippen LogP contribution in [0.2, 0.25) is 0 Å². The van der Waals surface area contributed by atoms with Crippen molar-refractivity contribution in [3.05, 3.63) is 51.5 Å². The van der Waals surface area contributed by atoms with Gasteiger partial charge in [-0.15, -0.1) is 11.3 Å². The van der Waals surface area contributed by atoms with Crippen LogP contribution in [0.5, 0.6) is 0 Å². The molecule has 0 aliphatic carbocycles. The van der Waals surface area contributed by atoms with Crippen molar-refractivity contribution >= 4 is 17.3 Å². The second-order valence-electron chi connectivity index (χ2n) is 6.07. The highest BCUT2D eigenvalue weighted by Gasteiger charge is 2.30. The Labute approximate surface area is 155 Å². The summed E-state index contributed by atoms with van der Waals surface area (Å²) in [7, 11) is 0. The number of nitrogens with zero attached hydrogens (tertiary/aromatic N) is 2. The molecule has 1 heterocycles. The molecule has 26 heavy (non-hydrogen) atoms. The van der Waals surface area contributed by atoms with Gasteiger partial charge in [-0.2, -0.15) is 13.2 Å². The summed E-state index contributed by atoms with van der Waals surface area (Å²) >= 11 is 1.58. The third-order valence-corrected chi connectivity index (χ3v) is 4.45. The van der Waals surface area contributed by atoms with E-state index in [0.29, 0.717) is 30.5 Å². The second-order valence-corrected chi connectivity index (χ2v) is 7.01. The van der Waals surface area contributed by atoms with Gasteiger partial charge in [0.2, 0.25) is 0 Å². The van der Waals surface area contributed by atoms with Gasteiger partial charge in [0.25, 0.3) is 0 Å². The van der Waals surface area contributed by atoms with Gasteiger partial charge in [0.15, 0.2) is 5.96 Å². The van der Waals surface area contributed by atoms with E-state index in [-0.39, 0.29) is 6.54 Å². The van der Waals surface area contributed by atoms with Gasteiger partial charge < -0.3 is 10.6 Å². The van der Waals surface area contributed by atoms with Gasteiger partial charge >= 0.3 is 6.18 Å². The van der Waals surface area contributed by atoms with E-state index in [4.69, 9.17) is 0 Å². The average Bonchev–Trinajstić information content (AvgIpc) is 3.06. The third-order valence-electron chi connectivity index (χ3n) is 3.59. The van der Waals surface area contributed by atoms with Crippen LogP contribution >= 0.6 is 11.3 Å². The Hall–Kier alpha value is -2.09. The zero-order valence-corrected chi connectivity index (χ0v) is 15.8. The molecule has 0 amide bonds. The molecule has 0 bridgehead atoms. The molecule has 0 aliphatic rings. The summed E-state index contributed by atoms with van der Waals surface area (Å²) in [6.07, 6.45) is -4.35. The number of nitrogens with one attached hydrogen (secondary N) is 2. The Bertz CT molecular complexity index is 738.